The van der Waals surface area contributed by atoms with Crippen molar-refractivity contribution in [2.45, 2.75) is 46.7 Å². The number of halogens is 1. The second-order valence-electron chi connectivity index (χ2n) is 6.33. The zero-order valence-corrected chi connectivity index (χ0v) is 16.8. The van der Waals surface area contributed by atoms with Crippen molar-refractivity contribution in [3.05, 3.63) is 29.9 Å². The van der Waals surface area contributed by atoms with Crippen LogP contribution >= 0.6 is 0 Å². The Bertz CT molecular complexity index is 750. The summed E-state index contributed by atoms with van der Waals surface area (Å²) in [7, 11) is 0. The zero-order valence-electron chi connectivity index (χ0n) is 16.1. The van der Waals surface area contributed by atoms with E-state index >= 15 is 0 Å². The highest BCUT2D eigenvalue weighted by molar-refractivity contribution is 5.78. The third kappa shape index (κ3) is 5.35. The van der Waals surface area contributed by atoms with Gasteiger partial charge in [0.25, 0.3) is 0 Å². The smallest absolute Gasteiger partial charge is 0.326 e. The number of fused-ring (bicyclic) bond motifs is 1. The number of benzene rings is 1. The number of hydrogen-bond acceptors (Lipinski definition) is 3. The van der Waals surface area contributed by atoms with Crippen LogP contribution in [-0.4, -0.2) is 41.3 Å². The monoisotopic (exact) mass is 382 g/mol. The fourth-order valence-electron chi connectivity index (χ4n) is 3.06. The molecule has 1 heterocycles. The van der Waals surface area contributed by atoms with E-state index in [2.05, 4.69) is 20.8 Å². The first-order valence-electron chi connectivity index (χ1n) is 9.34. The Morgan fingerprint density at radius 2 is 1.73 bits per heavy atom. The predicted molar refractivity (Wildman–Crippen MR) is 98.6 cm³/mol. The third-order valence-electron chi connectivity index (χ3n) is 4.71. The van der Waals surface area contributed by atoms with Crippen LogP contribution in [0.15, 0.2) is 24.3 Å². The minimum atomic E-state index is -0.274. The SMILES string of the molecule is CCCCOC(=O)Cn1c(=N)n(CC[NH+](CC)CC)c2ccccc21.[Cl-]. The van der Waals surface area contributed by atoms with Crippen LogP contribution in [0.2, 0.25) is 0 Å². The van der Waals surface area contributed by atoms with Crippen molar-refractivity contribution in [2.24, 2.45) is 0 Å². The number of unbranched alkanes of at least 4 members (excludes halogenated alkanes) is 1. The van der Waals surface area contributed by atoms with Gasteiger partial charge in [0.2, 0.25) is 5.62 Å². The Labute approximate surface area is 161 Å². The summed E-state index contributed by atoms with van der Waals surface area (Å²) in [4.78, 5) is 13.6. The number of ether oxygens (including phenoxy) is 1. The van der Waals surface area contributed by atoms with Crippen LogP contribution in [0.4, 0.5) is 0 Å². The van der Waals surface area contributed by atoms with E-state index in [1.54, 1.807) is 4.57 Å². The van der Waals surface area contributed by atoms with Gasteiger partial charge in [0.1, 0.15) is 6.54 Å². The molecule has 0 fully saturated rings. The topological polar surface area (TPSA) is 64.5 Å². The number of imidazole rings is 1. The van der Waals surface area contributed by atoms with Gasteiger partial charge in [0, 0.05) is 0 Å². The highest BCUT2D eigenvalue weighted by atomic mass is 35.5. The van der Waals surface area contributed by atoms with Gasteiger partial charge in [-0.25, -0.2) is 0 Å². The molecule has 0 saturated heterocycles. The lowest BCUT2D eigenvalue weighted by Gasteiger charge is -2.15. The van der Waals surface area contributed by atoms with E-state index in [1.165, 1.54) is 4.90 Å². The van der Waals surface area contributed by atoms with Gasteiger partial charge in [-0.1, -0.05) is 25.5 Å². The van der Waals surface area contributed by atoms with Crippen molar-refractivity contribution in [3.63, 3.8) is 0 Å². The summed E-state index contributed by atoms with van der Waals surface area (Å²) in [6.07, 6.45) is 1.87. The molecule has 7 heteroatoms. The molecule has 0 amide bonds. The Balaban J connectivity index is 0.00000338. The van der Waals surface area contributed by atoms with E-state index in [-0.39, 0.29) is 24.9 Å². The van der Waals surface area contributed by atoms with E-state index in [0.29, 0.717) is 12.2 Å². The molecular formula is C19H31ClN4O2. The highest BCUT2D eigenvalue weighted by Crippen LogP contribution is 2.12. The van der Waals surface area contributed by atoms with Gasteiger partial charge in [-0.2, -0.15) is 0 Å². The van der Waals surface area contributed by atoms with Crippen molar-refractivity contribution in [2.75, 3.05) is 26.2 Å². The summed E-state index contributed by atoms with van der Waals surface area (Å²) in [5.74, 6) is -0.274. The fraction of sp³-hybridized carbons (Fsp3) is 0.579. The maximum atomic E-state index is 12.1. The normalized spacial score (nSPS) is 10.9. The number of nitrogens with one attached hydrogen (secondary N) is 2. The van der Waals surface area contributed by atoms with Gasteiger partial charge in [-0.15, -0.1) is 0 Å². The number of carbonyl (C=O) groups is 1. The molecule has 1 aromatic heterocycles. The van der Waals surface area contributed by atoms with Gasteiger partial charge in [0.05, 0.1) is 43.8 Å². The lowest BCUT2D eigenvalue weighted by molar-refractivity contribution is -0.897. The Hall–Kier alpha value is -1.79. The molecule has 0 saturated carbocycles. The molecular weight excluding hydrogens is 352 g/mol. The van der Waals surface area contributed by atoms with E-state index in [4.69, 9.17) is 10.1 Å². The van der Waals surface area contributed by atoms with Gasteiger partial charge in [0.15, 0.2) is 0 Å². The number of nitrogens with zero attached hydrogens (tertiary/aromatic N) is 2. The molecule has 146 valence electrons. The Morgan fingerprint density at radius 3 is 2.31 bits per heavy atom. The van der Waals surface area contributed by atoms with Crippen LogP contribution in [0.3, 0.4) is 0 Å². The largest absolute Gasteiger partial charge is 1.00 e. The zero-order chi connectivity index (χ0) is 18.2. The first kappa shape index (κ1) is 22.3. The number of aromatic nitrogens is 2. The molecule has 0 aliphatic rings. The van der Waals surface area contributed by atoms with E-state index in [9.17, 15) is 4.79 Å². The second kappa shape index (κ2) is 11.0. The molecule has 0 radical (unpaired) electrons. The second-order valence-corrected chi connectivity index (χ2v) is 6.33. The quantitative estimate of drug-likeness (QED) is 0.376. The summed E-state index contributed by atoms with van der Waals surface area (Å²) in [5, 5.41) is 8.55. The van der Waals surface area contributed by atoms with E-state index < -0.39 is 0 Å². The van der Waals surface area contributed by atoms with Crippen LogP contribution in [0.5, 0.6) is 0 Å². The fourth-order valence-corrected chi connectivity index (χ4v) is 3.06. The van der Waals surface area contributed by atoms with Crippen LogP contribution in [0.1, 0.15) is 33.6 Å². The number of esters is 1. The number of rotatable bonds is 10. The van der Waals surface area contributed by atoms with Gasteiger partial charge in [-0.3, -0.25) is 14.8 Å². The first-order chi connectivity index (χ1) is 12.1. The first-order valence-corrected chi connectivity index (χ1v) is 9.34. The molecule has 1 aromatic carbocycles. The van der Waals surface area contributed by atoms with Crippen LogP contribution in [0.25, 0.3) is 11.0 Å². The predicted octanol–water partition coefficient (Wildman–Crippen LogP) is -1.81. The van der Waals surface area contributed by atoms with E-state index in [0.717, 1.165) is 50.1 Å². The standard InChI is InChI=1S/C19H30N4O2.ClH/c1-4-7-14-25-18(24)15-23-17-11-9-8-10-16(17)22(19(23)20)13-12-21(5-2)6-3;/h8-11,20H,4-7,12-15H2,1-3H3;1H. The van der Waals surface area contributed by atoms with Crippen molar-refractivity contribution in [1.82, 2.24) is 9.13 Å². The summed E-state index contributed by atoms with van der Waals surface area (Å²) in [5.41, 5.74) is 2.27. The minimum Gasteiger partial charge on any atom is -1.00 e. The van der Waals surface area contributed by atoms with Gasteiger partial charge in [-0.05, 0) is 32.4 Å². The van der Waals surface area contributed by atoms with Crippen LogP contribution in [-0.2, 0) is 22.6 Å². The summed E-state index contributed by atoms with van der Waals surface area (Å²) in [6.45, 7) is 10.9. The lowest BCUT2D eigenvalue weighted by atomic mass is 10.3. The molecule has 6 nitrogen and oxygen atoms in total. The highest BCUT2D eigenvalue weighted by Gasteiger charge is 2.15. The Morgan fingerprint density at radius 1 is 1.12 bits per heavy atom. The summed E-state index contributed by atoms with van der Waals surface area (Å²) in [6, 6.07) is 7.91. The molecule has 0 spiro atoms. The van der Waals surface area contributed by atoms with E-state index in [1.807, 2.05) is 28.8 Å². The molecule has 26 heavy (non-hydrogen) atoms. The van der Waals surface area contributed by atoms with Crippen molar-refractivity contribution < 1.29 is 26.8 Å². The molecule has 0 aliphatic heterocycles. The van der Waals surface area contributed by atoms with Crippen LogP contribution < -0.4 is 22.9 Å². The Kier molecular flexibility index (Phi) is 9.44. The number of quaternary nitrogens is 1. The summed E-state index contributed by atoms with van der Waals surface area (Å²) < 4.78 is 9.03. The minimum absolute atomic E-state index is 0. The maximum Gasteiger partial charge on any atom is 0.326 e. The summed E-state index contributed by atoms with van der Waals surface area (Å²) >= 11 is 0. The maximum absolute atomic E-state index is 12.1. The third-order valence-corrected chi connectivity index (χ3v) is 4.71. The lowest BCUT2D eigenvalue weighted by Crippen LogP contribution is -3.11. The average Bonchev–Trinajstić information content (AvgIpc) is 2.88. The molecule has 0 unspecified atom stereocenters. The molecule has 2 rings (SSSR count). The van der Waals surface area contributed by atoms with Crippen molar-refractivity contribution in [3.8, 4) is 0 Å². The molecule has 2 aromatic rings. The molecule has 0 bridgehead atoms. The molecule has 2 N–H and O–H groups in total. The molecule has 0 atom stereocenters. The number of likely N-dealkylation sites (N-methyl/N-ethyl adjacent to an activating group) is 1. The number of carbonyl (C=O) groups excluding carboxylic acids is 1. The van der Waals surface area contributed by atoms with Crippen LogP contribution in [0, 0.1) is 5.41 Å². The number of hydrogen-bond donors (Lipinski definition) is 2. The van der Waals surface area contributed by atoms with Crippen molar-refractivity contribution >= 4 is 17.0 Å². The van der Waals surface area contributed by atoms with Gasteiger partial charge >= 0.3 is 5.97 Å². The number of para-hydroxylation sites is 2. The molecule has 0 aliphatic carbocycles. The van der Waals surface area contributed by atoms with Gasteiger partial charge < -0.3 is 26.6 Å². The average molecular weight is 383 g/mol. The van der Waals surface area contributed by atoms with Crippen molar-refractivity contribution in [1.29, 1.82) is 5.41 Å².